The van der Waals surface area contributed by atoms with E-state index in [9.17, 15) is 9.90 Å². The molecule has 0 spiro atoms. The standard InChI is InChI=1S/C30H29N2S.C13H24O2.Ir/c1-19(2)14-23-18-32-28(29-25(23)11-13-33-29)21-10-12-31-27(17-21)22-15-20-8-6-7-9-24(20)26(16-22)30(3,4)5;1-5-10(6-2)12(14)9-13(15)11(7-3)8-4;/h6-13,16-19H,14H2,1-5H3;9-11,14H,5-8H2,1-4H3;/q-1;;/b;12-9-;. The van der Waals surface area contributed by atoms with E-state index in [0.29, 0.717) is 5.92 Å². The van der Waals surface area contributed by atoms with Gasteiger partial charge in [0.25, 0.3) is 0 Å². The van der Waals surface area contributed by atoms with Gasteiger partial charge in [0, 0.05) is 56.1 Å². The molecule has 5 aromatic rings. The van der Waals surface area contributed by atoms with E-state index in [1.54, 1.807) is 11.3 Å². The second kappa shape index (κ2) is 18.2. The number of benzene rings is 2. The van der Waals surface area contributed by atoms with Gasteiger partial charge in [-0.15, -0.1) is 40.5 Å². The summed E-state index contributed by atoms with van der Waals surface area (Å²) in [6, 6.07) is 20.9. The Kier molecular flexibility index (Phi) is 14.9. The fourth-order valence-corrected chi connectivity index (χ4v) is 7.27. The van der Waals surface area contributed by atoms with Crippen molar-refractivity contribution in [1.82, 2.24) is 9.97 Å². The second-order valence-electron chi connectivity index (χ2n) is 14.2. The van der Waals surface area contributed by atoms with Gasteiger partial charge >= 0.3 is 0 Å². The topological polar surface area (TPSA) is 63.1 Å². The number of fused-ring (bicyclic) bond motifs is 2. The van der Waals surface area contributed by atoms with E-state index in [2.05, 4.69) is 101 Å². The van der Waals surface area contributed by atoms with Crippen molar-refractivity contribution in [3.8, 4) is 22.5 Å². The first-order valence-corrected chi connectivity index (χ1v) is 18.5. The van der Waals surface area contributed by atoms with Crippen molar-refractivity contribution in [3.63, 3.8) is 0 Å². The number of thiophene rings is 1. The van der Waals surface area contributed by atoms with Crippen LogP contribution in [-0.2, 0) is 36.7 Å². The maximum Gasteiger partial charge on any atom is 0.162 e. The number of aliphatic hydroxyl groups excluding tert-OH is 1. The third kappa shape index (κ3) is 9.96. The van der Waals surface area contributed by atoms with Gasteiger partial charge in [0.15, 0.2) is 5.78 Å². The van der Waals surface area contributed by atoms with Crippen molar-refractivity contribution in [2.45, 2.75) is 99.8 Å². The Morgan fingerprint density at radius 1 is 0.918 bits per heavy atom. The minimum atomic E-state index is 0. The number of nitrogens with zero attached hydrogens (tertiary/aromatic N) is 2. The number of carbonyl (C=O) groups excluding carboxylic acids is 1. The monoisotopic (exact) mass is 854 g/mol. The molecule has 0 aliphatic heterocycles. The number of hydrogen-bond acceptors (Lipinski definition) is 5. The first kappa shape index (κ1) is 40.3. The zero-order valence-electron chi connectivity index (χ0n) is 30.7. The Morgan fingerprint density at radius 3 is 2.22 bits per heavy atom. The molecule has 1 N–H and O–H groups in total. The van der Waals surface area contributed by atoms with Gasteiger partial charge in [0.1, 0.15) is 0 Å². The first-order valence-electron chi connectivity index (χ1n) is 17.6. The van der Waals surface area contributed by atoms with Gasteiger partial charge in [-0.1, -0.05) is 97.5 Å². The van der Waals surface area contributed by atoms with Crippen LogP contribution in [0.5, 0.6) is 0 Å². The fourth-order valence-electron chi connectivity index (χ4n) is 6.32. The van der Waals surface area contributed by atoms with Gasteiger partial charge in [-0.05, 0) is 77.5 Å². The summed E-state index contributed by atoms with van der Waals surface area (Å²) in [6.07, 6.45) is 9.91. The number of hydrogen-bond donors (Lipinski definition) is 1. The molecule has 3 aromatic heterocycles. The van der Waals surface area contributed by atoms with Crippen LogP contribution in [0.1, 0.15) is 99.1 Å². The van der Waals surface area contributed by atoms with Crippen LogP contribution in [0.15, 0.2) is 78.1 Å². The van der Waals surface area contributed by atoms with Crippen LogP contribution in [0.25, 0.3) is 43.4 Å². The van der Waals surface area contributed by atoms with E-state index in [1.807, 2.05) is 33.9 Å². The Balaban J connectivity index is 0.000000347. The van der Waals surface area contributed by atoms with Crippen molar-refractivity contribution < 1.29 is 30.0 Å². The van der Waals surface area contributed by atoms with Gasteiger partial charge in [-0.3, -0.25) is 14.8 Å². The third-order valence-electron chi connectivity index (χ3n) is 9.18. The molecule has 0 amide bonds. The summed E-state index contributed by atoms with van der Waals surface area (Å²) in [5.74, 6) is 1.15. The maximum absolute atomic E-state index is 11.7. The van der Waals surface area contributed by atoms with E-state index in [4.69, 9.17) is 9.97 Å². The minimum Gasteiger partial charge on any atom is -0.512 e. The van der Waals surface area contributed by atoms with Crippen LogP contribution in [0.4, 0.5) is 0 Å². The number of pyridine rings is 2. The van der Waals surface area contributed by atoms with Crippen LogP contribution in [0.2, 0.25) is 0 Å². The molecule has 0 aliphatic carbocycles. The quantitative estimate of drug-likeness (QED) is 0.0817. The van der Waals surface area contributed by atoms with Gasteiger partial charge in [0.2, 0.25) is 0 Å². The Morgan fingerprint density at radius 2 is 1.59 bits per heavy atom. The number of rotatable bonds is 11. The molecule has 49 heavy (non-hydrogen) atoms. The number of ketones is 1. The van der Waals surface area contributed by atoms with E-state index >= 15 is 0 Å². The molecule has 5 rings (SSSR count). The van der Waals surface area contributed by atoms with Crippen molar-refractivity contribution in [3.05, 3.63) is 95.3 Å². The molecule has 6 heteroatoms. The molecular formula is C43H53IrN2O2S-. The van der Waals surface area contributed by atoms with Crippen LogP contribution in [0, 0.1) is 23.8 Å². The SMILES string of the molecule is CC(C)Cc1cnc(-c2ccnc(-c3[c-]c4ccccc4c(C(C)(C)C)c3)c2)c2sccc12.CCC(CC)C(=O)/C=C(\O)C(CC)CC.[Ir]. The molecular weight excluding hydrogens is 801 g/mol. The summed E-state index contributed by atoms with van der Waals surface area (Å²) < 4.78 is 1.25. The average Bonchev–Trinajstić information content (AvgIpc) is 3.56. The van der Waals surface area contributed by atoms with Gasteiger partial charge in [-0.2, -0.15) is 0 Å². The predicted molar refractivity (Wildman–Crippen MR) is 206 cm³/mol. The zero-order valence-corrected chi connectivity index (χ0v) is 33.9. The van der Waals surface area contributed by atoms with Crippen molar-refractivity contribution in [2.24, 2.45) is 17.8 Å². The summed E-state index contributed by atoms with van der Waals surface area (Å²) >= 11 is 1.77. The molecule has 0 saturated carbocycles. The van der Waals surface area contributed by atoms with E-state index in [1.165, 1.54) is 32.7 Å². The van der Waals surface area contributed by atoms with Crippen LogP contribution in [-0.4, -0.2) is 20.9 Å². The van der Waals surface area contributed by atoms with Crippen molar-refractivity contribution in [1.29, 1.82) is 0 Å². The van der Waals surface area contributed by atoms with Crippen LogP contribution in [0.3, 0.4) is 0 Å². The third-order valence-corrected chi connectivity index (χ3v) is 10.1. The number of aromatic nitrogens is 2. The number of carbonyl (C=O) groups is 1. The van der Waals surface area contributed by atoms with Gasteiger partial charge < -0.3 is 5.11 Å². The van der Waals surface area contributed by atoms with Crippen molar-refractivity contribution >= 4 is 38.0 Å². The van der Waals surface area contributed by atoms with Crippen LogP contribution >= 0.6 is 11.3 Å². The Bertz CT molecular complexity index is 1860. The van der Waals surface area contributed by atoms with E-state index in [0.717, 1.165) is 60.0 Å². The molecule has 3 heterocycles. The molecule has 0 bridgehead atoms. The molecule has 1 radical (unpaired) electrons. The first-order chi connectivity index (χ1) is 22.9. The second-order valence-corrected chi connectivity index (χ2v) is 15.1. The van der Waals surface area contributed by atoms with E-state index in [-0.39, 0.29) is 48.9 Å². The predicted octanol–water partition coefficient (Wildman–Crippen LogP) is 12.3. The fraction of sp³-hybridized carbons (Fsp3) is 0.419. The number of allylic oxidation sites excluding steroid dienone is 2. The largest absolute Gasteiger partial charge is 0.512 e. The molecule has 0 saturated heterocycles. The normalized spacial score (nSPS) is 12.0. The summed E-state index contributed by atoms with van der Waals surface area (Å²) in [5.41, 5.74) is 6.77. The van der Waals surface area contributed by atoms with Gasteiger partial charge in [0.05, 0.1) is 16.2 Å². The maximum atomic E-state index is 11.7. The summed E-state index contributed by atoms with van der Waals surface area (Å²) in [4.78, 5) is 21.4. The smallest absolute Gasteiger partial charge is 0.162 e. The molecule has 0 aliphatic rings. The van der Waals surface area contributed by atoms with Gasteiger partial charge in [-0.25, -0.2) is 0 Å². The Labute approximate surface area is 311 Å². The average molecular weight is 854 g/mol. The zero-order chi connectivity index (χ0) is 35.0. The Hall–Kier alpha value is -3.18. The summed E-state index contributed by atoms with van der Waals surface area (Å²) in [6.45, 7) is 19.4. The molecule has 0 fully saturated rings. The molecule has 0 unspecified atom stereocenters. The van der Waals surface area contributed by atoms with Crippen LogP contribution < -0.4 is 0 Å². The summed E-state index contributed by atoms with van der Waals surface area (Å²) in [7, 11) is 0. The minimum absolute atomic E-state index is 0. The van der Waals surface area contributed by atoms with E-state index < -0.39 is 0 Å². The molecule has 4 nitrogen and oxygen atoms in total. The number of aliphatic hydroxyl groups is 1. The molecule has 2 aromatic carbocycles. The summed E-state index contributed by atoms with van der Waals surface area (Å²) in [5, 5.41) is 15.6. The van der Waals surface area contributed by atoms with Crippen molar-refractivity contribution in [2.75, 3.05) is 0 Å². The molecule has 0 atom stereocenters. The molecule has 263 valence electrons.